The number of hydrogen-bond donors (Lipinski definition) is 0. The van der Waals surface area contributed by atoms with Crippen molar-refractivity contribution in [2.75, 3.05) is 42.3 Å². The van der Waals surface area contributed by atoms with Gasteiger partial charge in [-0.1, -0.05) is 0 Å². The topological polar surface area (TPSA) is 22.1 Å². The second-order valence-electron chi connectivity index (χ2n) is 5.38. The van der Waals surface area contributed by atoms with Crippen molar-refractivity contribution in [3.63, 3.8) is 0 Å². The van der Waals surface area contributed by atoms with Gasteiger partial charge in [0.05, 0.1) is 0 Å². The number of aryl methyl sites for hydroxylation is 1. The van der Waals surface area contributed by atoms with E-state index in [1.54, 1.807) is 0 Å². The summed E-state index contributed by atoms with van der Waals surface area (Å²) in [6, 6.07) is 8.32. The fourth-order valence-corrected chi connectivity index (χ4v) is 5.36. The molecule has 0 spiro atoms. The zero-order valence-corrected chi connectivity index (χ0v) is 16.1. The molecule has 1 aromatic carbocycles. The third kappa shape index (κ3) is 3.81. The number of nitrogens with zero attached hydrogens (tertiary/aromatic N) is 4. The van der Waals surface area contributed by atoms with Gasteiger partial charge in [-0.2, -0.15) is 0 Å². The Bertz CT molecular complexity index is 508. The predicted molar refractivity (Wildman–Crippen MR) is 92.0 cm³/mol. The number of benzene rings is 1. The van der Waals surface area contributed by atoms with Crippen LogP contribution in [0.2, 0.25) is 0 Å². The molecule has 0 radical (unpaired) electrons. The van der Waals surface area contributed by atoms with Crippen LogP contribution in [0.25, 0.3) is 0 Å². The average molecular weight is 359 g/mol. The Morgan fingerprint density at radius 3 is 1.75 bits per heavy atom. The normalized spacial score (nSPS) is 13.2. The van der Waals surface area contributed by atoms with Gasteiger partial charge in [0.1, 0.15) is 0 Å². The third-order valence-electron chi connectivity index (χ3n) is 3.01. The summed E-state index contributed by atoms with van der Waals surface area (Å²) in [5.74, 6) is -1.74. The zero-order valence-electron chi connectivity index (χ0n) is 13.5. The van der Waals surface area contributed by atoms with E-state index in [0.717, 1.165) is 11.3 Å². The molecule has 0 amide bonds. The quantitative estimate of drug-likeness (QED) is 0.357. The SMILES string of the molecule is Cc1ccc(N=C(N(C)C)P(=[Se])(N(C)C)N(C)C)cc1. The molecule has 0 aliphatic carbocycles. The molecule has 0 fully saturated rings. The van der Waals surface area contributed by atoms with E-state index in [0.29, 0.717) is 0 Å². The summed E-state index contributed by atoms with van der Waals surface area (Å²) in [5.41, 5.74) is 3.30. The molecule has 1 aromatic rings. The van der Waals surface area contributed by atoms with Crippen LogP contribution in [0.15, 0.2) is 29.3 Å². The first-order valence-corrected chi connectivity index (χ1v) is 10.4. The van der Waals surface area contributed by atoms with Gasteiger partial charge in [0.15, 0.2) is 0 Å². The summed E-state index contributed by atoms with van der Waals surface area (Å²) in [4.78, 5) is 6.99. The summed E-state index contributed by atoms with van der Waals surface area (Å²) in [6.45, 7) is 2.09. The van der Waals surface area contributed by atoms with Crippen molar-refractivity contribution >= 4 is 32.2 Å². The average Bonchev–Trinajstić information content (AvgIpc) is 2.36. The first-order chi connectivity index (χ1) is 9.19. The Morgan fingerprint density at radius 2 is 1.40 bits per heavy atom. The molecule has 0 saturated heterocycles. The van der Waals surface area contributed by atoms with E-state index >= 15 is 0 Å². The van der Waals surface area contributed by atoms with Crippen LogP contribution in [0.4, 0.5) is 5.69 Å². The van der Waals surface area contributed by atoms with Gasteiger partial charge in [-0.25, -0.2) is 0 Å². The van der Waals surface area contributed by atoms with Crippen molar-refractivity contribution in [2.24, 2.45) is 4.99 Å². The van der Waals surface area contributed by atoms with Crippen LogP contribution < -0.4 is 0 Å². The minimum atomic E-state index is -1.74. The summed E-state index contributed by atoms with van der Waals surface area (Å²) >= 11 is 3.39. The van der Waals surface area contributed by atoms with Gasteiger partial charge in [0.25, 0.3) is 0 Å². The summed E-state index contributed by atoms with van der Waals surface area (Å²) in [7, 11) is 12.5. The van der Waals surface area contributed by atoms with Crippen LogP contribution in [0, 0.1) is 6.92 Å². The van der Waals surface area contributed by atoms with Crippen molar-refractivity contribution < 1.29 is 0 Å². The molecule has 0 bridgehead atoms. The van der Waals surface area contributed by atoms with E-state index < -0.39 is 5.81 Å². The Labute approximate surface area is 130 Å². The molecule has 6 heteroatoms. The molecule has 0 unspecified atom stereocenters. The number of rotatable bonds is 4. The molecule has 0 N–H and O–H groups in total. The second-order valence-corrected chi connectivity index (χ2v) is 11.7. The standard InChI is InChI=1S/C14H25N4PSe/c1-12-8-10-13(11-9-12)15-14(16(2)3)19(20,17(4)5)18(6)7/h8-11H,1-7H3. The molecule has 112 valence electrons. The Morgan fingerprint density at radius 1 is 0.950 bits per heavy atom. The fourth-order valence-electron chi connectivity index (χ4n) is 1.88. The van der Waals surface area contributed by atoms with Gasteiger partial charge >= 0.3 is 130 Å². The Balaban J connectivity index is 3.37. The summed E-state index contributed by atoms with van der Waals surface area (Å²) < 4.78 is 4.47. The molecule has 20 heavy (non-hydrogen) atoms. The van der Waals surface area contributed by atoms with Crippen LogP contribution >= 0.6 is 5.81 Å². The molecule has 1 rings (SSSR count). The van der Waals surface area contributed by atoms with Crippen LogP contribution in [0.1, 0.15) is 5.56 Å². The Kier molecular flexibility index (Phi) is 6.18. The Hall–Kier alpha value is -0.441. The second kappa shape index (κ2) is 7.02. The number of aliphatic imine (C=N–C) groups is 1. The van der Waals surface area contributed by atoms with Crippen molar-refractivity contribution in [2.45, 2.75) is 6.92 Å². The molecule has 0 heterocycles. The first-order valence-electron chi connectivity index (χ1n) is 6.48. The third-order valence-corrected chi connectivity index (χ3v) is 11.3. The number of hydrogen-bond acceptors (Lipinski definition) is 3. The van der Waals surface area contributed by atoms with Gasteiger partial charge in [-0.3, -0.25) is 0 Å². The molecule has 0 saturated carbocycles. The van der Waals surface area contributed by atoms with Gasteiger partial charge in [-0.05, 0) is 0 Å². The van der Waals surface area contributed by atoms with Crippen molar-refractivity contribution in [3.8, 4) is 0 Å². The van der Waals surface area contributed by atoms with Gasteiger partial charge < -0.3 is 0 Å². The maximum absolute atomic E-state index is 4.89. The first kappa shape index (κ1) is 17.6. The molecule has 0 atom stereocenters. The van der Waals surface area contributed by atoms with E-state index in [-0.39, 0.29) is 0 Å². The molecule has 0 aromatic heterocycles. The van der Waals surface area contributed by atoms with Crippen molar-refractivity contribution in [1.29, 1.82) is 0 Å². The van der Waals surface area contributed by atoms with Gasteiger partial charge in [0, 0.05) is 0 Å². The van der Waals surface area contributed by atoms with E-state index in [1.165, 1.54) is 5.56 Å². The summed E-state index contributed by atoms with van der Waals surface area (Å²) in [5, 5.41) is 0. The van der Waals surface area contributed by atoms with Crippen molar-refractivity contribution in [1.82, 2.24) is 14.2 Å². The van der Waals surface area contributed by atoms with Crippen LogP contribution in [0.5, 0.6) is 0 Å². The fraction of sp³-hybridized carbons (Fsp3) is 0.500. The molecule has 0 aliphatic heterocycles. The maximum atomic E-state index is 4.89. The van der Waals surface area contributed by atoms with Crippen LogP contribution in [0.3, 0.4) is 0 Å². The molecular formula is C14H25N4PSe. The van der Waals surface area contributed by atoms with E-state index in [1.807, 2.05) is 14.1 Å². The van der Waals surface area contributed by atoms with Crippen LogP contribution in [-0.4, -0.2) is 77.2 Å². The molecule has 0 aliphatic rings. The predicted octanol–water partition coefficient (Wildman–Crippen LogP) is 2.60. The van der Waals surface area contributed by atoms with E-state index in [4.69, 9.17) is 4.99 Å². The number of amidine groups is 1. The monoisotopic (exact) mass is 360 g/mol. The molecule has 4 nitrogen and oxygen atoms in total. The zero-order chi connectivity index (χ0) is 15.5. The van der Waals surface area contributed by atoms with Gasteiger partial charge in [-0.15, -0.1) is 0 Å². The molecular weight excluding hydrogens is 334 g/mol. The minimum absolute atomic E-state index is 0.989. The van der Waals surface area contributed by atoms with Crippen LogP contribution in [-0.2, 0) is 0 Å². The van der Waals surface area contributed by atoms with Gasteiger partial charge in [0.2, 0.25) is 0 Å². The van der Waals surface area contributed by atoms with E-state index in [2.05, 4.69) is 88.7 Å². The summed E-state index contributed by atoms with van der Waals surface area (Å²) in [6.07, 6.45) is 0. The van der Waals surface area contributed by atoms with E-state index in [9.17, 15) is 0 Å². The van der Waals surface area contributed by atoms with Crippen molar-refractivity contribution in [3.05, 3.63) is 29.8 Å².